The molecule has 0 nitrogen and oxygen atoms in total. The third-order valence-electron chi connectivity index (χ3n) is 3.13. The van der Waals surface area contributed by atoms with Crippen LogP contribution in [0.3, 0.4) is 0 Å². The average Bonchev–Trinajstić information content (AvgIpc) is 2.80. The number of hydrogen-bond donors (Lipinski definition) is 0. The Bertz CT molecular complexity index is 577. The Hall–Kier alpha value is -1.69. The van der Waals surface area contributed by atoms with E-state index in [1.807, 2.05) is 97.1 Å². The first kappa shape index (κ1) is 29.5. The molecule has 0 aliphatic carbocycles. The van der Waals surface area contributed by atoms with Crippen LogP contribution >= 0.6 is 0 Å². The van der Waals surface area contributed by atoms with Gasteiger partial charge in [0, 0.05) is 49.7 Å². The van der Waals surface area contributed by atoms with Gasteiger partial charge in [0.15, 0.2) is 0 Å². The van der Waals surface area contributed by atoms with Crippen molar-refractivity contribution in [1.82, 2.24) is 0 Å². The van der Waals surface area contributed by atoms with Crippen LogP contribution in [0.1, 0.15) is 12.0 Å². The molecule has 144 valence electrons. The topological polar surface area (TPSA) is 0 Å². The molecule has 4 aromatic carbocycles. The summed E-state index contributed by atoms with van der Waals surface area (Å²) >= 11 is 0. The van der Waals surface area contributed by atoms with E-state index in [2.05, 4.69) is 49.4 Å². The number of aryl methyl sites for hydroxylation is 1. The van der Waals surface area contributed by atoms with Crippen molar-refractivity contribution in [3.8, 4) is 0 Å². The fraction of sp³-hybridized carbons (Fsp3) is 0.0741. The Kier molecular flexibility index (Phi) is 24.8. The fourth-order valence-electron chi connectivity index (χ4n) is 1.87. The largest absolute Gasteiger partial charge is 0.343 e. The van der Waals surface area contributed by atoms with Crippen LogP contribution in [0.5, 0.6) is 0 Å². The average molecular weight is 502 g/mol. The van der Waals surface area contributed by atoms with E-state index in [0.717, 1.165) is 12.8 Å². The first-order valence-corrected chi connectivity index (χ1v) is 9.00. The molecule has 29 heavy (non-hydrogen) atoms. The molecule has 4 aromatic rings. The summed E-state index contributed by atoms with van der Waals surface area (Å²) in [7, 11) is 0. The van der Waals surface area contributed by atoms with Crippen molar-refractivity contribution in [2.45, 2.75) is 12.8 Å². The van der Waals surface area contributed by atoms with E-state index in [1.54, 1.807) is 0 Å². The van der Waals surface area contributed by atoms with Crippen molar-refractivity contribution in [1.29, 1.82) is 0 Å². The number of rotatable bonds is 2. The Labute approximate surface area is 212 Å². The summed E-state index contributed by atoms with van der Waals surface area (Å²) < 4.78 is 0. The van der Waals surface area contributed by atoms with Gasteiger partial charge in [-0.15, -0.1) is 0 Å². The maximum absolute atomic E-state index is 3.78. The molecule has 0 bridgehead atoms. The molecule has 0 fully saturated rings. The molecular formula is C27H26BPr-4. The van der Waals surface area contributed by atoms with Crippen molar-refractivity contribution in [3.05, 3.63) is 152 Å². The summed E-state index contributed by atoms with van der Waals surface area (Å²) in [6.45, 7) is 3.78. The smallest absolute Gasteiger partial charge is 0 e. The van der Waals surface area contributed by atoms with Crippen LogP contribution in [0.25, 0.3) is 0 Å². The minimum Gasteiger partial charge on any atom is -0.343 e. The monoisotopic (exact) mass is 502 g/mol. The van der Waals surface area contributed by atoms with Crippen LogP contribution in [0.4, 0.5) is 0 Å². The molecule has 2 heteroatoms. The van der Waals surface area contributed by atoms with E-state index in [9.17, 15) is 0 Å². The van der Waals surface area contributed by atoms with E-state index in [0.29, 0.717) is 0 Å². The third-order valence-corrected chi connectivity index (χ3v) is 3.13. The summed E-state index contributed by atoms with van der Waals surface area (Å²) in [6, 6.07) is 47.9. The molecule has 0 amide bonds. The second kappa shape index (κ2) is 24.3. The molecule has 0 aliphatic rings. The summed E-state index contributed by atoms with van der Waals surface area (Å²) in [4.78, 5) is 0. The Morgan fingerprint density at radius 2 is 0.828 bits per heavy atom. The van der Waals surface area contributed by atoms with Crippen LogP contribution in [-0.2, 0) is 6.42 Å². The molecule has 4 rings (SSSR count). The number of hydrogen-bond acceptors (Lipinski definition) is 0. The van der Waals surface area contributed by atoms with E-state index >= 15 is 0 Å². The van der Waals surface area contributed by atoms with Crippen molar-refractivity contribution >= 4 is 8.41 Å². The summed E-state index contributed by atoms with van der Waals surface area (Å²) in [5.74, 6) is 0. The summed E-state index contributed by atoms with van der Waals surface area (Å²) in [5.41, 5.74) is 1.38. The van der Waals surface area contributed by atoms with Crippen LogP contribution in [0, 0.1) is 66.4 Å². The SMILES string of the molecule is [B].[CH2-]CCc1ccccc1.[Pr].[c-]1ccccc1.[c-]1ccccc1.[c-]1ccccc1. The van der Waals surface area contributed by atoms with E-state index in [4.69, 9.17) is 0 Å². The molecule has 0 aromatic heterocycles. The summed E-state index contributed by atoms with van der Waals surface area (Å²) in [5, 5.41) is 0. The predicted molar refractivity (Wildman–Crippen MR) is 122 cm³/mol. The van der Waals surface area contributed by atoms with Crippen molar-refractivity contribution < 1.29 is 41.3 Å². The van der Waals surface area contributed by atoms with Crippen LogP contribution in [0.2, 0.25) is 0 Å². The van der Waals surface area contributed by atoms with Gasteiger partial charge >= 0.3 is 0 Å². The second-order valence-electron chi connectivity index (χ2n) is 5.32. The van der Waals surface area contributed by atoms with Gasteiger partial charge in [-0.2, -0.15) is 116 Å². The predicted octanol–water partition coefficient (Wildman–Crippen LogP) is 6.53. The normalized spacial score (nSPS) is 7.90. The standard InChI is InChI=1S/C9H11.3C6H5.B.Pr/c1-2-6-9-7-4-3-5-8-9;3*1-2-4-6-5-3-1;;/h3-5,7-8H,1-2,6H2;3*1-5H;;/q4*-1;;. The molecule has 0 atom stereocenters. The molecule has 0 saturated carbocycles. The van der Waals surface area contributed by atoms with E-state index < -0.39 is 0 Å². The maximum atomic E-state index is 3.78. The molecule has 0 unspecified atom stereocenters. The van der Waals surface area contributed by atoms with E-state index in [-0.39, 0.29) is 49.7 Å². The molecule has 0 spiro atoms. The van der Waals surface area contributed by atoms with Gasteiger partial charge in [-0.05, 0) is 0 Å². The molecule has 0 N–H and O–H groups in total. The third kappa shape index (κ3) is 20.8. The zero-order chi connectivity index (χ0) is 19.3. The second-order valence-corrected chi connectivity index (χ2v) is 5.32. The Morgan fingerprint density at radius 1 is 0.517 bits per heavy atom. The van der Waals surface area contributed by atoms with Crippen molar-refractivity contribution in [3.63, 3.8) is 0 Å². The van der Waals surface area contributed by atoms with Gasteiger partial charge in [-0.1, -0.05) is 42.3 Å². The van der Waals surface area contributed by atoms with Gasteiger partial charge in [0.2, 0.25) is 0 Å². The minimum atomic E-state index is 0. The van der Waals surface area contributed by atoms with Gasteiger partial charge in [0.1, 0.15) is 0 Å². The molecule has 0 heterocycles. The first-order chi connectivity index (χ1) is 13.4. The zero-order valence-electron chi connectivity index (χ0n) is 16.8. The van der Waals surface area contributed by atoms with Gasteiger partial charge < -0.3 is 6.92 Å². The Balaban J connectivity index is 0. The first-order valence-electron chi connectivity index (χ1n) is 9.00. The fourth-order valence-corrected chi connectivity index (χ4v) is 1.87. The quantitative estimate of drug-likeness (QED) is 0.216. The van der Waals surface area contributed by atoms with Gasteiger partial charge in [0.25, 0.3) is 0 Å². The maximum Gasteiger partial charge on any atom is 0 e. The van der Waals surface area contributed by atoms with Crippen molar-refractivity contribution in [2.24, 2.45) is 0 Å². The van der Waals surface area contributed by atoms with Crippen molar-refractivity contribution in [2.75, 3.05) is 0 Å². The number of benzene rings is 4. The molecule has 0 saturated heterocycles. The molecule has 4 radical (unpaired) electrons. The minimum absolute atomic E-state index is 0. The van der Waals surface area contributed by atoms with Crippen LogP contribution in [-0.4, -0.2) is 8.41 Å². The van der Waals surface area contributed by atoms with E-state index in [1.165, 1.54) is 5.56 Å². The van der Waals surface area contributed by atoms with Gasteiger partial charge in [-0.25, -0.2) is 0 Å². The molecule has 0 aliphatic heterocycles. The summed E-state index contributed by atoms with van der Waals surface area (Å²) in [6.07, 6.45) is 2.09. The zero-order valence-corrected chi connectivity index (χ0v) is 20.5. The van der Waals surface area contributed by atoms with Gasteiger partial charge in [-0.3, -0.25) is 0 Å². The Morgan fingerprint density at radius 3 is 1.03 bits per heavy atom. The van der Waals surface area contributed by atoms with Crippen LogP contribution < -0.4 is 0 Å². The van der Waals surface area contributed by atoms with Gasteiger partial charge in [0.05, 0.1) is 0 Å². The van der Waals surface area contributed by atoms with Crippen LogP contribution in [0.15, 0.2) is 121 Å². The molecular weight excluding hydrogens is 476 g/mol.